The highest BCUT2D eigenvalue weighted by Crippen LogP contribution is 2.17. The van der Waals surface area contributed by atoms with Crippen LogP contribution in [0.5, 0.6) is 11.5 Å². The summed E-state index contributed by atoms with van der Waals surface area (Å²) in [6.07, 6.45) is 1.27. The van der Waals surface area contributed by atoms with Gasteiger partial charge in [0.25, 0.3) is 5.91 Å². The molecule has 1 unspecified atom stereocenters. The summed E-state index contributed by atoms with van der Waals surface area (Å²) in [5, 5.41) is 2.91. The van der Waals surface area contributed by atoms with Crippen LogP contribution in [0, 0.1) is 0 Å². The summed E-state index contributed by atoms with van der Waals surface area (Å²) in [5.41, 5.74) is 1.23. The summed E-state index contributed by atoms with van der Waals surface area (Å²) in [6.45, 7) is 2.37. The van der Waals surface area contributed by atoms with Gasteiger partial charge in [0.05, 0.1) is 7.11 Å². The van der Waals surface area contributed by atoms with Crippen LogP contribution in [-0.4, -0.2) is 25.7 Å². The van der Waals surface area contributed by atoms with Gasteiger partial charge in [-0.1, -0.05) is 28.1 Å². The zero-order valence-corrected chi connectivity index (χ0v) is 15.5. The highest BCUT2D eigenvalue weighted by molar-refractivity contribution is 9.10. The van der Waals surface area contributed by atoms with E-state index in [0.717, 1.165) is 23.1 Å². The van der Waals surface area contributed by atoms with Crippen LogP contribution in [0.15, 0.2) is 53.0 Å². The molecule has 0 spiro atoms. The third kappa shape index (κ3) is 5.89. The number of rotatable bonds is 8. The molecular formula is C19H22BrNO3. The predicted octanol–water partition coefficient (Wildman–Crippen LogP) is 3.97. The van der Waals surface area contributed by atoms with Crippen molar-refractivity contribution in [2.75, 3.05) is 13.7 Å². The van der Waals surface area contributed by atoms with Crippen molar-refractivity contribution in [1.82, 2.24) is 5.32 Å². The number of halogens is 1. The van der Waals surface area contributed by atoms with Crippen molar-refractivity contribution in [3.8, 4) is 11.5 Å². The molecule has 0 saturated carbocycles. The SMILES string of the molecule is COc1ccc(CCCNC(=O)C(C)Oc2ccc(Br)cc2)cc1. The van der Waals surface area contributed by atoms with Crippen molar-refractivity contribution in [3.63, 3.8) is 0 Å². The third-order valence-electron chi connectivity index (χ3n) is 3.60. The Kier molecular flexibility index (Phi) is 7.12. The van der Waals surface area contributed by atoms with Crippen LogP contribution in [0.2, 0.25) is 0 Å². The molecule has 0 aliphatic heterocycles. The monoisotopic (exact) mass is 391 g/mol. The fourth-order valence-electron chi connectivity index (χ4n) is 2.21. The first-order valence-electron chi connectivity index (χ1n) is 7.91. The molecule has 2 aromatic carbocycles. The van der Waals surface area contributed by atoms with Crippen LogP contribution in [0.4, 0.5) is 0 Å². The van der Waals surface area contributed by atoms with Crippen LogP contribution in [-0.2, 0) is 11.2 Å². The van der Waals surface area contributed by atoms with Gasteiger partial charge < -0.3 is 14.8 Å². The van der Waals surface area contributed by atoms with Crippen molar-refractivity contribution in [3.05, 3.63) is 58.6 Å². The largest absolute Gasteiger partial charge is 0.497 e. The number of nitrogens with one attached hydrogen (secondary N) is 1. The maximum absolute atomic E-state index is 12.0. The van der Waals surface area contributed by atoms with Crippen molar-refractivity contribution in [2.24, 2.45) is 0 Å². The molecule has 0 saturated heterocycles. The fourth-order valence-corrected chi connectivity index (χ4v) is 2.48. The van der Waals surface area contributed by atoms with E-state index in [4.69, 9.17) is 9.47 Å². The van der Waals surface area contributed by atoms with Crippen LogP contribution < -0.4 is 14.8 Å². The summed E-state index contributed by atoms with van der Waals surface area (Å²) in [7, 11) is 1.65. The van der Waals surface area contributed by atoms with Gasteiger partial charge in [-0.2, -0.15) is 0 Å². The lowest BCUT2D eigenvalue weighted by atomic mass is 10.1. The van der Waals surface area contributed by atoms with E-state index in [2.05, 4.69) is 21.2 Å². The summed E-state index contributed by atoms with van der Waals surface area (Å²) < 4.78 is 11.7. The highest BCUT2D eigenvalue weighted by atomic mass is 79.9. The topological polar surface area (TPSA) is 47.6 Å². The number of methoxy groups -OCH3 is 1. The Hall–Kier alpha value is -2.01. The van der Waals surface area contributed by atoms with Gasteiger partial charge in [-0.25, -0.2) is 0 Å². The lowest BCUT2D eigenvalue weighted by molar-refractivity contribution is -0.127. The normalized spacial score (nSPS) is 11.6. The molecule has 0 aliphatic carbocycles. The quantitative estimate of drug-likeness (QED) is 0.692. The molecule has 0 radical (unpaired) electrons. The van der Waals surface area contributed by atoms with Gasteiger partial charge in [0.1, 0.15) is 11.5 Å². The number of hydrogen-bond donors (Lipinski definition) is 1. The second kappa shape index (κ2) is 9.33. The number of carbonyl (C=O) groups excluding carboxylic acids is 1. The van der Waals surface area contributed by atoms with E-state index in [-0.39, 0.29) is 5.91 Å². The molecule has 24 heavy (non-hydrogen) atoms. The van der Waals surface area contributed by atoms with Gasteiger partial charge in [-0.05, 0) is 61.7 Å². The summed E-state index contributed by atoms with van der Waals surface area (Å²) in [4.78, 5) is 12.0. The van der Waals surface area contributed by atoms with Crippen molar-refractivity contribution < 1.29 is 14.3 Å². The summed E-state index contributed by atoms with van der Waals surface area (Å²) in [6, 6.07) is 15.4. The van der Waals surface area contributed by atoms with Crippen LogP contribution in [0.3, 0.4) is 0 Å². The molecule has 1 amide bonds. The lowest BCUT2D eigenvalue weighted by Gasteiger charge is -2.14. The Labute approximate surface area is 151 Å². The van der Waals surface area contributed by atoms with E-state index in [1.54, 1.807) is 14.0 Å². The number of hydrogen-bond acceptors (Lipinski definition) is 3. The molecule has 5 heteroatoms. The van der Waals surface area contributed by atoms with Crippen molar-refractivity contribution in [2.45, 2.75) is 25.9 Å². The first kappa shape index (κ1) is 18.3. The second-order valence-corrected chi connectivity index (χ2v) is 6.37. The first-order valence-corrected chi connectivity index (χ1v) is 8.70. The Balaban J connectivity index is 1.69. The molecule has 4 nitrogen and oxygen atoms in total. The maximum atomic E-state index is 12.0. The minimum atomic E-state index is -0.521. The molecule has 0 bridgehead atoms. The second-order valence-electron chi connectivity index (χ2n) is 5.46. The molecule has 0 aromatic heterocycles. The lowest BCUT2D eigenvalue weighted by Crippen LogP contribution is -2.36. The Morgan fingerprint density at radius 2 is 1.71 bits per heavy atom. The van der Waals surface area contributed by atoms with Gasteiger partial charge in [-0.15, -0.1) is 0 Å². The first-order chi connectivity index (χ1) is 11.6. The zero-order chi connectivity index (χ0) is 17.4. The van der Waals surface area contributed by atoms with Gasteiger partial charge in [0.2, 0.25) is 0 Å². The van der Waals surface area contributed by atoms with E-state index in [0.29, 0.717) is 12.3 Å². The zero-order valence-electron chi connectivity index (χ0n) is 13.9. The highest BCUT2D eigenvalue weighted by Gasteiger charge is 2.13. The van der Waals surface area contributed by atoms with E-state index in [1.807, 2.05) is 48.5 Å². The fraction of sp³-hybridized carbons (Fsp3) is 0.316. The number of aryl methyl sites for hydroxylation is 1. The third-order valence-corrected chi connectivity index (χ3v) is 4.12. The molecule has 1 N–H and O–H groups in total. The molecule has 0 fully saturated rings. The smallest absolute Gasteiger partial charge is 0.260 e. The Morgan fingerprint density at radius 1 is 1.08 bits per heavy atom. The average molecular weight is 392 g/mol. The molecule has 2 aromatic rings. The molecule has 128 valence electrons. The minimum absolute atomic E-state index is 0.104. The van der Waals surface area contributed by atoms with Crippen molar-refractivity contribution in [1.29, 1.82) is 0 Å². The van der Waals surface area contributed by atoms with Crippen molar-refractivity contribution >= 4 is 21.8 Å². The molecule has 1 atom stereocenters. The molecule has 2 rings (SSSR count). The molecule has 0 aliphatic rings. The van der Waals surface area contributed by atoms with Gasteiger partial charge in [0, 0.05) is 11.0 Å². The van der Waals surface area contributed by atoms with Crippen LogP contribution in [0.1, 0.15) is 18.9 Å². The summed E-state index contributed by atoms with van der Waals surface area (Å²) >= 11 is 3.37. The van der Waals surface area contributed by atoms with Crippen LogP contribution in [0.25, 0.3) is 0 Å². The maximum Gasteiger partial charge on any atom is 0.260 e. The van der Waals surface area contributed by atoms with Gasteiger partial charge in [0.15, 0.2) is 6.10 Å². The van der Waals surface area contributed by atoms with Crippen LogP contribution >= 0.6 is 15.9 Å². The Morgan fingerprint density at radius 3 is 2.33 bits per heavy atom. The van der Waals surface area contributed by atoms with E-state index >= 15 is 0 Å². The van der Waals surface area contributed by atoms with Gasteiger partial charge >= 0.3 is 0 Å². The number of ether oxygens (including phenoxy) is 2. The number of amides is 1. The molecular weight excluding hydrogens is 370 g/mol. The van der Waals surface area contributed by atoms with E-state index < -0.39 is 6.10 Å². The Bertz CT molecular complexity index is 641. The minimum Gasteiger partial charge on any atom is -0.497 e. The van der Waals surface area contributed by atoms with E-state index in [9.17, 15) is 4.79 Å². The summed E-state index contributed by atoms with van der Waals surface area (Å²) in [5.74, 6) is 1.43. The molecule has 0 heterocycles. The number of carbonyl (C=O) groups is 1. The number of benzene rings is 2. The van der Waals surface area contributed by atoms with Gasteiger partial charge in [-0.3, -0.25) is 4.79 Å². The standard InChI is InChI=1S/C19H22BrNO3/c1-14(24-18-11-7-16(20)8-12-18)19(22)21-13-3-4-15-5-9-17(23-2)10-6-15/h5-12,14H,3-4,13H2,1-2H3,(H,21,22). The average Bonchev–Trinajstić information content (AvgIpc) is 2.61. The predicted molar refractivity (Wildman–Crippen MR) is 98.6 cm³/mol. The van der Waals surface area contributed by atoms with E-state index in [1.165, 1.54) is 5.56 Å².